The van der Waals surface area contributed by atoms with Crippen LogP contribution in [0.3, 0.4) is 0 Å². The van der Waals surface area contributed by atoms with E-state index in [0.717, 1.165) is 22.6 Å². The maximum atomic E-state index is 11.2. The Morgan fingerprint density at radius 2 is 1.78 bits per heavy atom. The van der Waals surface area contributed by atoms with Crippen LogP contribution in [-0.2, 0) is 0 Å². The predicted molar refractivity (Wildman–Crippen MR) is 108 cm³/mol. The normalized spacial score (nSPS) is 10.9. The van der Waals surface area contributed by atoms with Gasteiger partial charge in [0, 0.05) is 21.7 Å². The zero-order valence-electron chi connectivity index (χ0n) is 14.6. The minimum atomic E-state index is -0.454. The first kappa shape index (κ1) is 17.1. The molecule has 0 aliphatic carbocycles. The molecule has 7 heteroatoms. The van der Waals surface area contributed by atoms with Crippen molar-refractivity contribution in [2.75, 3.05) is 11.6 Å². The monoisotopic (exact) mass is 375 g/mol. The third-order valence-electron chi connectivity index (χ3n) is 4.17. The number of fused-ring (bicyclic) bond motifs is 1. The minimum absolute atomic E-state index is 0.454. The molecular formula is C20H17N5OS. The first-order valence-corrected chi connectivity index (χ1v) is 9.53. The summed E-state index contributed by atoms with van der Waals surface area (Å²) in [6, 6.07) is 21.1. The minimum Gasteiger partial charge on any atom is -0.366 e. The van der Waals surface area contributed by atoms with E-state index in [4.69, 9.17) is 5.73 Å². The number of anilines is 2. The second-order valence-corrected chi connectivity index (χ2v) is 6.79. The first-order chi connectivity index (χ1) is 13.1. The van der Waals surface area contributed by atoms with Gasteiger partial charge in [-0.2, -0.15) is 4.98 Å². The topological polar surface area (TPSA) is 85.3 Å². The second-order valence-electron chi connectivity index (χ2n) is 5.91. The molecule has 0 spiro atoms. The van der Waals surface area contributed by atoms with Gasteiger partial charge in [0.05, 0.1) is 5.69 Å². The van der Waals surface area contributed by atoms with Gasteiger partial charge in [-0.05, 0) is 54.8 Å². The largest absolute Gasteiger partial charge is 0.366 e. The molecule has 4 aromatic rings. The van der Waals surface area contributed by atoms with Gasteiger partial charge in [-0.25, -0.2) is 4.52 Å². The Kier molecular flexibility index (Phi) is 4.52. The van der Waals surface area contributed by atoms with Crippen molar-refractivity contribution in [3.8, 4) is 11.3 Å². The molecule has 2 aromatic carbocycles. The molecule has 0 fully saturated rings. The summed E-state index contributed by atoms with van der Waals surface area (Å²) < 4.78 is 1.81. The van der Waals surface area contributed by atoms with Gasteiger partial charge >= 0.3 is 0 Å². The number of thioether (sulfide) groups is 1. The molecule has 0 unspecified atom stereocenters. The molecule has 3 N–H and O–H groups in total. The lowest BCUT2D eigenvalue weighted by Crippen LogP contribution is -2.10. The lowest BCUT2D eigenvalue weighted by Gasteiger charge is -2.05. The van der Waals surface area contributed by atoms with Crippen molar-refractivity contribution >= 4 is 35.0 Å². The highest BCUT2D eigenvalue weighted by atomic mass is 32.2. The molecule has 134 valence electrons. The molecule has 4 rings (SSSR count). The van der Waals surface area contributed by atoms with Crippen molar-refractivity contribution in [2.45, 2.75) is 4.90 Å². The second kappa shape index (κ2) is 7.13. The van der Waals surface area contributed by atoms with E-state index in [-0.39, 0.29) is 0 Å². The average Bonchev–Trinajstić information content (AvgIpc) is 3.11. The molecule has 0 aliphatic heterocycles. The van der Waals surface area contributed by atoms with Gasteiger partial charge in [-0.1, -0.05) is 18.2 Å². The molecule has 27 heavy (non-hydrogen) atoms. The fraction of sp³-hybridized carbons (Fsp3) is 0.0500. The Labute approximate surface area is 160 Å². The third-order valence-corrected chi connectivity index (χ3v) is 4.91. The number of nitrogens with zero attached hydrogens (tertiary/aromatic N) is 3. The van der Waals surface area contributed by atoms with E-state index < -0.39 is 5.91 Å². The number of pyridine rings is 1. The highest BCUT2D eigenvalue weighted by Crippen LogP contribution is 2.24. The number of primary amides is 1. The van der Waals surface area contributed by atoms with Crippen molar-refractivity contribution in [2.24, 2.45) is 5.73 Å². The summed E-state index contributed by atoms with van der Waals surface area (Å²) in [6.07, 6.45) is 2.06. The highest BCUT2D eigenvalue weighted by molar-refractivity contribution is 7.98. The maximum Gasteiger partial charge on any atom is 0.248 e. The zero-order chi connectivity index (χ0) is 18.8. The standard InChI is InChI=1S/C20H17N5OS/c1-27-16-11-7-13(8-12-16)17-3-2-4-18-23-20(24-25(17)18)22-15-9-5-14(6-10-15)19(21)26/h2-12H,1H3,(H2,21,26)(H,22,24). The Morgan fingerprint density at radius 1 is 1.04 bits per heavy atom. The summed E-state index contributed by atoms with van der Waals surface area (Å²) in [5.74, 6) is 0.0274. The van der Waals surface area contributed by atoms with Crippen LogP contribution in [0.25, 0.3) is 16.9 Å². The Balaban J connectivity index is 1.66. The molecule has 0 bridgehead atoms. The molecule has 0 atom stereocenters. The summed E-state index contributed by atoms with van der Waals surface area (Å²) in [6.45, 7) is 0. The SMILES string of the molecule is CSc1ccc(-c2cccc3nc(Nc4ccc(C(N)=O)cc4)nn23)cc1. The number of benzene rings is 2. The average molecular weight is 375 g/mol. The maximum absolute atomic E-state index is 11.2. The van der Waals surface area contributed by atoms with Crippen LogP contribution in [0.5, 0.6) is 0 Å². The lowest BCUT2D eigenvalue weighted by molar-refractivity contribution is 0.100. The van der Waals surface area contributed by atoms with Gasteiger partial charge in [0.1, 0.15) is 0 Å². The van der Waals surface area contributed by atoms with Crippen molar-refractivity contribution in [3.63, 3.8) is 0 Å². The Hall–Kier alpha value is -3.32. The van der Waals surface area contributed by atoms with Gasteiger partial charge in [-0.3, -0.25) is 4.79 Å². The van der Waals surface area contributed by atoms with E-state index in [9.17, 15) is 4.79 Å². The van der Waals surface area contributed by atoms with Crippen LogP contribution in [-0.4, -0.2) is 26.8 Å². The van der Waals surface area contributed by atoms with Gasteiger partial charge in [0.15, 0.2) is 5.65 Å². The smallest absolute Gasteiger partial charge is 0.248 e. The van der Waals surface area contributed by atoms with Crippen LogP contribution >= 0.6 is 11.8 Å². The number of nitrogens with one attached hydrogen (secondary N) is 1. The van der Waals surface area contributed by atoms with Gasteiger partial charge in [0.2, 0.25) is 11.9 Å². The first-order valence-electron chi connectivity index (χ1n) is 8.31. The van der Waals surface area contributed by atoms with E-state index in [0.29, 0.717) is 11.5 Å². The van der Waals surface area contributed by atoms with Crippen molar-refractivity contribution in [3.05, 3.63) is 72.3 Å². The van der Waals surface area contributed by atoms with Crippen molar-refractivity contribution in [1.29, 1.82) is 0 Å². The fourth-order valence-corrected chi connectivity index (χ4v) is 3.19. The number of hydrogen-bond donors (Lipinski definition) is 2. The summed E-state index contributed by atoms with van der Waals surface area (Å²) in [4.78, 5) is 16.9. The van der Waals surface area contributed by atoms with E-state index in [1.165, 1.54) is 4.90 Å². The number of nitrogens with two attached hydrogens (primary N) is 1. The fourth-order valence-electron chi connectivity index (χ4n) is 2.79. The van der Waals surface area contributed by atoms with E-state index >= 15 is 0 Å². The van der Waals surface area contributed by atoms with Crippen LogP contribution in [0.4, 0.5) is 11.6 Å². The number of amides is 1. The third kappa shape index (κ3) is 3.50. The van der Waals surface area contributed by atoms with Gasteiger partial charge < -0.3 is 11.1 Å². The molecule has 1 amide bonds. The summed E-state index contributed by atoms with van der Waals surface area (Å²) in [7, 11) is 0. The molecule has 0 saturated heterocycles. The molecule has 0 saturated carbocycles. The Bertz CT molecular complexity index is 1100. The molecule has 6 nitrogen and oxygen atoms in total. The number of carbonyl (C=O) groups is 1. The van der Waals surface area contributed by atoms with Crippen molar-refractivity contribution in [1.82, 2.24) is 14.6 Å². The number of carbonyl (C=O) groups excluding carboxylic acids is 1. The predicted octanol–water partition coefficient (Wildman–Crippen LogP) is 3.96. The van der Waals surface area contributed by atoms with Gasteiger partial charge in [-0.15, -0.1) is 16.9 Å². The van der Waals surface area contributed by atoms with Crippen LogP contribution in [0.1, 0.15) is 10.4 Å². The lowest BCUT2D eigenvalue weighted by atomic mass is 10.1. The van der Waals surface area contributed by atoms with E-state index in [2.05, 4.69) is 45.9 Å². The van der Waals surface area contributed by atoms with E-state index in [1.807, 2.05) is 22.7 Å². The summed E-state index contributed by atoms with van der Waals surface area (Å²) in [5, 5.41) is 7.74. The molecule has 0 radical (unpaired) electrons. The number of rotatable bonds is 5. The quantitative estimate of drug-likeness (QED) is 0.516. The number of aromatic nitrogens is 3. The van der Waals surface area contributed by atoms with Crippen molar-refractivity contribution < 1.29 is 4.79 Å². The summed E-state index contributed by atoms with van der Waals surface area (Å²) >= 11 is 1.71. The Morgan fingerprint density at radius 3 is 2.44 bits per heavy atom. The summed E-state index contributed by atoms with van der Waals surface area (Å²) in [5.41, 5.74) is 9.29. The molecule has 0 aliphatic rings. The molecule has 2 heterocycles. The van der Waals surface area contributed by atoms with E-state index in [1.54, 1.807) is 36.0 Å². The number of hydrogen-bond acceptors (Lipinski definition) is 5. The molecular weight excluding hydrogens is 358 g/mol. The van der Waals surface area contributed by atoms with Crippen LogP contribution in [0.2, 0.25) is 0 Å². The van der Waals surface area contributed by atoms with Crippen LogP contribution in [0.15, 0.2) is 71.6 Å². The highest BCUT2D eigenvalue weighted by Gasteiger charge is 2.09. The zero-order valence-corrected chi connectivity index (χ0v) is 15.4. The van der Waals surface area contributed by atoms with Crippen LogP contribution < -0.4 is 11.1 Å². The van der Waals surface area contributed by atoms with Crippen LogP contribution in [0, 0.1) is 0 Å². The molecule has 2 aromatic heterocycles. The van der Waals surface area contributed by atoms with Gasteiger partial charge in [0.25, 0.3) is 0 Å².